The van der Waals surface area contributed by atoms with Gasteiger partial charge in [-0.1, -0.05) is 18.5 Å². The van der Waals surface area contributed by atoms with Gasteiger partial charge in [-0.05, 0) is 31.6 Å². The molecule has 1 N–H and O–H groups in total. The largest absolute Gasteiger partial charge is 0.317 e. The number of carbonyl (C=O) groups excluding carboxylic acids is 2. The maximum atomic E-state index is 13.8. The average molecular weight is 285 g/mol. The van der Waals surface area contributed by atoms with Crippen molar-refractivity contribution in [3.63, 3.8) is 0 Å². The van der Waals surface area contributed by atoms with Gasteiger partial charge in [0.2, 0.25) is 0 Å². The monoisotopic (exact) mass is 284 g/mol. The molecule has 1 aliphatic heterocycles. The van der Waals surface area contributed by atoms with E-state index in [1.165, 1.54) is 17.0 Å². The smallest absolute Gasteiger partial charge is 0.299 e. The van der Waals surface area contributed by atoms with E-state index in [0.29, 0.717) is 19.5 Å². The molecule has 0 fully saturated rings. The van der Waals surface area contributed by atoms with Crippen molar-refractivity contribution in [2.45, 2.75) is 13.3 Å². The lowest BCUT2D eigenvalue weighted by Gasteiger charge is -2.17. The second kappa shape index (κ2) is 5.67. The summed E-state index contributed by atoms with van der Waals surface area (Å²) in [5.41, 5.74) is -0.00545. The molecule has 0 radical (unpaired) electrons. The van der Waals surface area contributed by atoms with Crippen molar-refractivity contribution >= 4 is 29.0 Å². The summed E-state index contributed by atoms with van der Waals surface area (Å²) >= 11 is 5.87. The number of Topliss-reactive ketones (excluding diaryl/α,β-unsaturated/α-hetero) is 1. The van der Waals surface area contributed by atoms with Gasteiger partial charge in [-0.15, -0.1) is 0 Å². The molecule has 1 aliphatic rings. The molecule has 0 bridgehead atoms. The van der Waals surface area contributed by atoms with Crippen LogP contribution in [-0.4, -0.2) is 31.3 Å². The number of hydrogen-bond acceptors (Lipinski definition) is 3. The van der Waals surface area contributed by atoms with Gasteiger partial charge in [-0.2, -0.15) is 0 Å². The highest BCUT2D eigenvalue weighted by Crippen LogP contribution is 2.36. The molecule has 4 nitrogen and oxygen atoms in total. The summed E-state index contributed by atoms with van der Waals surface area (Å²) in [6.07, 6.45) is 0.637. The van der Waals surface area contributed by atoms with Gasteiger partial charge in [-0.25, -0.2) is 4.39 Å². The fourth-order valence-corrected chi connectivity index (χ4v) is 2.34. The number of anilines is 1. The van der Waals surface area contributed by atoms with Crippen molar-refractivity contribution < 1.29 is 14.0 Å². The summed E-state index contributed by atoms with van der Waals surface area (Å²) in [5, 5.41) is 3.22. The third-order valence-corrected chi connectivity index (χ3v) is 3.31. The number of benzene rings is 1. The zero-order valence-corrected chi connectivity index (χ0v) is 11.3. The van der Waals surface area contributed by atoms with Crippen LogP contribution in [0, 0.1) is 5.82 Å². The molecule has 1 aromatic carbocycles. The number of rotatable bonds is 5. The fourth-order valence-electron chi connectivity index (χ4n) is 2.10. The van der Waals surface area contributed by atoms with E-state index in [1.807, 2.05) is 6.92 Å². The fraction of sp³-hybridized carbons (Fsp3) is 0.385. The van der Waals surface area contributed by atoms with Gasteiger partial charge >= 0.3 is 0 Å². The normalized spacial score (nSPS) is 14.2. The Balaban J connectivity index is 2.26. The molecule has 0 aliphatic carbocycles. The van der Waals surface area contributed by atoms with E-state index in [4.69, 9.17) is 11.6 Å². The Hall–Kier alpha value is -1.46. The molecule has 0 spiro atoms. The molecule has 6 heteroatoms. The quantitative estimate of drug-likeness (QED) is 0.665. The lowest BCUT2D eigenvalue weighted by molar-refractivity contribution is -0.114. The molecule has 0 saturated heterocycles. The summed E-state index contributed by atoms with van der Waals surface area (Å²) in [7, 11) is 0. The first-order chi connectivity index (χ1) is 9.07. The van der Waals surface area contributed by atoms with Crippen molar-refractivity contribution in [2.75, 3.05) is 24.5 Å². The molecule has 1 heterocycles. The molecule has 0 atom stereocenters. The van der Waals surface area contributed by atoms with Crippen molar-refractivity contribution in [3.05, 3.63) is 28.5 Å². The van der Waals surface area contributed by atoms with Crippen LogP contribution in [0.15, 0.2) is 12.1 Å². The predicted octanol–water partition coefficient (Wildman–Crippen LogP) is 2.01. The molecule has 0 unspecified atom stereocenters. The first kappa shape index (κ1) is 14.0. The standard InChI is InChI=1S/C13H14ClFN2O2/c1-2-16-6-3-7-17-11-9(15)5-4-8(14)10(11)12(18)13(17)19/h4-5,16H,2-3,6-7H2,1H3. The minimum Gasteiger partial charge on any atom is -0.317 e. The molecule has 0 aromatic heterocycles. The van der Waals surface area contributed by atoms with Crippen LogP contribution in [-0.2, 0) is 4.79 Å². The lowest BCUT2D eigenvalue weighted by Crippen LogP contribution is -2.32. The highest BCUT2D eigenvalue weighted by Gasteiger charge is 2.39. The molecule has 19 heavy (non-hydrogen) atoms. The molecule has 102 valence electrons. The molecular weight excluding hydrogens is 271 g/mol. The summed E-state index contributed by atoms with van der Waals surface area (Å²) in [4.78, 5) is 24.8. The van der Waals surface area contributed by atoms with E-state index in [9.17, 15) is 14.0 Å². The SMILES string of the molecule is CCNCCCN1C(=O)C(=O)c2c(Cl)ccc(F)c21. The molecule has 0 saturated carbocycles. The number of halogens is 2. The Bertz CT molecular complexity index is 534. The number of hydrogen-bond donors (Lipinski definition) is 1. The molecular formula is C13H14ClFN2O2. The first-order valence-corrected chi connectivity index (χ1v) is 6.50. The molecule has 1 aromatic rings. The van der Waals surface area contributed by atoms with Gasteiger partial charge in [0.05, 0.1) is 16.3 Å². The zero-order chi connectivity index (χ0) is 14.0. The van der Waals surface area contributed by atoms with Gasteiger partial charge in [-0.3, -0.25) is 9.59 Å². The molecule has 2 rings (SSSR count). The van der Waals surface area contributed by atoms with Crippen molar-refractivity contribution in [1.82, 2.24) is 5.32 Å². The summed E-state index contributed by atoms with van der Waals surface area (Å²) < 4.78 is 13.8. The maximum Gasteiger partial charge on any atom is 0.299 e. The van der Waals surface area contributed by atoms with Crippen LogP contribution in [0.2, 0.25) is 5.02 Å². The van der Waals surface area contributed by atoms with Crippen molar-refractivity contribution in [1.29, 1.82) is 0 Å². The summed E-state index contributed by atoms with van der Waals surface area (Å²) in [6.45, 7) is 3.79. The highest BCUT2D eigenvalue weighted by molar-refractivity contribution is 6.55. The second-order valence-corrected chi connectivity index (χ2v) is 4.65. The Labute approximate surface area is 115 Å². The molecule has 1 amide bonds. The number of ketones is 1. The zero-order valence-electron chi connectivity index (χ0n) is 10.5. The van der Waals surface area contributed by atoms with Gasteiger partial charge < -0.3 is 10.2 Å². The van der Waals surface area contributed by atoms with E-state index in [2.05, 4.69) is 5.32 Å². The van der Waals surface area contributed by atoms with Gasteiger partial charge in [0.15, 0.2) is 0 Å². The highest BCUT2D eigenvalue weighted by atomic mass is 35.5. The topological polar surface area (TPSA) is 49.4 Å². The van der Waals surface area contributed by atoms with Crippen molar-refractivity contribution in [3.8, 4) is 0 Å². The van der Waals surface area contributed by atoms with Crippen LogP contribution in [0.1, 0.15) is 23.7 Å². The van der Waals surface area contributed by atoms with E-state index in [0.717, 1.165) is 6.54 Å². The van der Waals surface area contributed by atoms with E-state index in [-0.39, 0.29) is 16.3 Å². The third kappa shape index (κ3) is 2.48. The maximum absolute atomic E-state index is 13.8. The van der Waals surface area contributed by atoms with Crippen molar-refractivity contribution in [2.24, 2.45) is 0 Å². The number of carbonyl (C=O) groups is 2. The van der Waals surface area contributed by atoms with Gasteiger partial charge in [0.25, 0.3) is 11.7 Å². The van der Waals surface area contributed by atoms with Gasteiger partial charge in [0.1, 0.15) is 5.82 Å². The third-order valence-electron chi connectivity index (χ3n) is 3.00. The first-order valence-electron chi connectivity index (χ1n) is 6.12. The van der Waals surface area contributed by atoms with Crippen LogP contribution in [0.5, 0.6) is 0 Å². The van der Waals surface area contributed by atoms with E-state index >= 15 is 0 Å². The number of amides is 1. The summed E-state index contributed by atoms with van der Waals surface area (Å²) in [6, 6.07) is 2.47. The van der Waals surface area contributed by atoms with Crippen LogP contribution in [0.4, 0.5) is 10.1 Å². The van der Waals surface area contributed by atoms with E-state index in [1.54, 1.807) is 0 Å². The van der Waals surface area contributed by atoms with Crippen LogP contribution < -0.4 is 10.2 Å². The number of nitrogens with one attached hydrogen (secondary N) is 1. The Morgan fingerprint density at radius 1 is 1.37 bits per heavy atom. The lowest BCUT2D eigenvalue weighted by atomic mass is 10.1. The Morgan fingerprint density at radius 2 is 2.11 bits per heavy atom. The Morgan fingerprint density at radius 3 is 2.79 bits per heavy atom. The van der Waals surface area contributed by atoms with Crippen LogP contribution in [0.25, 0.3) is 0 Å². The van der Waals surface area contributed by atoms with Crippen LogP contribution in [0.3, 0.4) is 0 Å². The number of nitrogens with zero attached hydrogens (tertiary/aromatic N) is 1. The number of fused-ring (bicyclic) bond motifs is 1. The van der Waals surface area contributed by atoms with E-state index < -0.39 is 17.5 Å². The summed E-state index contributed by atoms with van der Waals surface area (Å²) in [5.74, 6) is -2.04. The average Bonchev–Trinajstić information content (AvgIpc) is 2.65. The second-order valence-electron chi connectivity index (χ2n) is 4.25. The van der Waals surface area contributed by atoms with Crippen LogP contribution >= 0.6 is 11.6 Å². The minimum atomic E-state index is -0.733. The minimum absolute atomic E-state index is 0.0130. The Kier molecular flexibility index (Phi) is 4.17. The van der Waals surface area contributed by atoms with Gasteiger partial charge in [0, 0.05) is 6.54 Å². The predicted molar refractivity (Wildman–Crippen MR) is 71.3 cm³/mol.